The first kappa shape index (κ1) is 20.7. The molecular weight excluding hydrogens is 386 g/mol. The second-order valence-electron chi connectivity index (χ2n) is 6.85. The van der Waals surface area contributed by atoms with E-state index in [2.05, 4.69) is 10.3 Å². The van der Waals surface area contributed by atoms with Crippen molar-refractivity contribution >= 4 is 28.5 Å². The fourth-order valence-electron chi connectivity index (χ4n) is 3.08. The Hall–Kier alpha value is -3.03. The fourth-order valence-corrected chi connectivity index (χ4v) is 3.80. The van der Waals surface area contributed by atoms with E-state index in [-0.39, 0.29) is 5.91 Å². The quantitative estimate of drug-likeness (QED) is 0.628. The average Bonchev–Trinajstić information content (AvgIpc) is 2.70. The summed E-state index contributed by atoms with van der Waals surface area (Å²) in [5.74, 6) is -0.285. The molecule has 0 aliphatic carbocycles. The van der Waals surface area contributed by atoms with Crippen molar-refractivity contribution in [2.24, 2.45) is 0 Å². The highest BCUT2D eigenvalue weighted by Gasteiger charge is 2.17. The van der Waals surface area contributed by atoms with Gasteiger partial charge < -0.3 is 9.87 Å². The Morgan fingerprint density at radius 3 is 2.52 bits per heavy atom. The summed E-state index contributed by atoms with van der Waals surface area (Å²) in [6.45, 7) is 5.97. The van der Waals surface area contributed by atoms with Crippen molar-refractivity contribution in [1.29, 1.82) is 0 Å². The Morgan fingerprint density at radius 2 is 1.86 bits per heavy atom. The molecule has 29 heavy (non-hydrogen) atoms. The van der Waals surface area contributed by atoms with Crippen molar-refractivity contribution in [3.8, 4) is 0 Å². The molecule has 0 aliphatic heterocycles. The van der Waals surface area contributed by atoms with Crippen LogP contribution in [0.15, 0.2) is 60.9 Å². The van der Waals surface area contributed by atoms with Crippen LogP contribution >= 0.6 is 0 Å². The van der Waals surface area contributed by atoms with Crippen LogP contribution in [0.3, 0.4) is 0 Å². The molecule has 2 aromatic carbocycles. The van der Waals surface area contributed by atoms with Gasteiger partial charge in [0.05, 0.1) is 22.6 Å². The molecule has 1 heterocycles. The maximum absolute atomic E-state index is 12.6. The predicted octanol–water partition coefficient (Wildman–Crippen LogP) is 3.87. The second kappa shape index (κ2) is 8.98. The zero-order chi connectivity index (χ0) is 21.0. The molecule has 1 aromatic heterocycles. The van der Waals surface area contributed by atoms with Crippen molar-refractivity contribution in [2.45, 2.75) is 27.3 Å². The van der Waals surface area contributed by atoms with Crippen LogP contribution in [0.25, 0.3) is 0 Å². The van der Waals surface area contributed by atoms with Gasteiger partial charge in [-0.25, -0.2) is 0 Å². The molecule has 6 nitrogen and oxygen atoms in total. The van der Waals surface area contributed by atoms with Gasteiger partial charge in [0.1, 0.15) is 0 Å². The molecular formula is C22H22N3O3S-. The smallest absolute Gasteiger partial charge is 0.251 e. The molecule has 0 spiro atoms. The van der Waals surface area contributed by atoms with Gasteiger partial charge in [0, 0.05) is 24.5 Å². The zero-order valence-corrected chi connectivity index (χ0v) is 17.3. The van der Waals surface area contributed by atoms with Crippen molar-refractivity contribution in [3.63, 3.8) is 0 Å². The highest BCUT2D eigenvalue weighted by Crippen LogP contribution is 2.33. The van der Waals surface area contributed by atoms with Crippen molar-refractivity contribution in [1.82, 2.24) is 10.3 Å². The first-order valence-corrected chi connectivity index (χ1v) is 10.1. The summed E-state index contributed by atoms with van der Waals surface area (Å²) in [5, 5.41) is 2.84. The van der Waals surface area contributed by atoms with Gasteiger partial charge in [-0.05, 0) is 61.7 Å². The Morgan fingerprint density at radius 1 is 1.07 bits per heavy atom. The molecule has 0 aliphatic rings. The number of benzene rings is 2. The maximum Gasteiger partial charge on any atom is 0.251 e. The molecule has 0 bridgehead atoms. The van der Waals surface area contributed by atoms with E-state index in [9.17, 15) is 13.6 Å². The van der Waals surface area contributed by atoms with Crippen LogP contribution in [0, 0.1) is 20.8 Å². The van der Waals surface area contributed by atoms with Gasteiger partial charge in [-0.1, -0.05) is 29.8 Å². The minimum Gasteiger partial charge on any atom is -0.755 e. The van der Waals surface area contributed by atoms with Crippen LogP contribution in [0.4, 0.5) is 11.4 Å². The molecule has 150 valence electrons. The molecule has 3 aromatic rings. The second-order valence-corrected chi connectivity index (χ2v) is 7.65. The van der Waals surface area contributed by atoms with Crippen molar-refractivity contribution in [2.75, 3.05) is 4.31 Å². The van der Waals surface area contributed by atoms with E-state index in [1.54, 1.807) is 42.7 Å². The molecule has 0 fully saturated rings. The minimum atomic E-state index is -2.54. The lowest BCUT2D eigenvalue weighted by Gasteiger charge is -2.29. The number of pyridine rings is 1. The normalized spacial score (nSPS) is 11.7. The summed E-state index contributed by atoms with van der Waals surface area (Å²) in [6.07, 6.45) is 3.35. The SMILES string of the molecule is Cc1ccc(N(c2cc(C(=O)NCc3cccnc3)ccc2C)S(=O)[O-])c(C)c1. The molecule has 7 heteroatoms. The van der Waals surface area contributed by atoms with Crippen LogP contribution < -0.4 is 9.62 Å². The predicted molar refractivity (Wildman–Crippen MR) is 114 cm³/mol. The Balaban J connectivity index is 1.92. The monoisotopic (exact) mass is 408 g/mol. The van der Waals surface area contributed by atoms with Gasteiger partial charge in [0.2, 0.25) is 0 Å². The number of aryl methyl sites for hydroxylation is 3. The van der Waals surface area contributed by atoms with E-state index < -0.39 is 11.3 Å². The lowest BCUT2D eigenvalue weighted by molar-refractivity contribution is 0.0951. The van der Waals surface area contributed by atoms with Gasteiger partial charge >= 0.3 is 0 Å². The third-order valence-electron chi connectivity index (χ3n) is 4.59. The van der Waals surface area contributed by atoms with Gasteiger partial charge in [-0.3, -0.25) is 18.3 Å². The third-order valence-corrected chi connectivity index (χ3v) is 5.28. The lowest BCUT2D eigenvalue weighted by atomic mass is 10.1. The van der Waals surface area contributed by atoms with E-state index >= 15 is 0 Å². The lowest BCUT2D eigenvalue weighted by Crippen LogP contribution is -2.25. The number of aromatic nitrogens is 1. The number of nitrogens with zero attached hydrogens (tertiary/aromatic N) is 2. The number of amides is 1. The molecule has 3 rings (SSSR count). The summed E-state index contributed by atoms with van der Waals surface area (Å²) >= 11 is -2.54. The Bertz CT molecular complexity index is 1050. The highest BCUT2D eigenvalue weighted by atomic mass is 32.2. The summed E-state index contributed by atoms with van der Waals surface area (Å²) in [4.78, 5) is 16.6. The number of carbonyl (C=O) groups is 1. The maximum atomic E-state index is 12.6. The number of carbonyl (C=O) groups excluding carboxylic acids is 1. The van der Waals surface area contributed by atoms with Crippen LogP contribution in [-0.2, 0) is 17.8 Å². The van der Waals surface area contributed by atoms with Crippen molar-refractivity contribution in [3.05, 3.63) is 88.7 Å². The first-order chi connectivity index (χ1) is 13.9. The standard InChI is InChI=1S/C22H23N3O3S/c1-15-6-9-20(17(3)11-15)25(29(27)28)21-12-19(8-7-16(21)2)22(26)24-14-18-5-4-10-23-13-18/h4-13H,14H2,1-3H3,(H,24,26)(H,27,28)/p-1. The minimum absolute atomic E-state index is 0.285. The summed E-state index contributed by atoms with van der Waals surface area (Å²) in [6, 6.07) is 14.3. The molecule has 0 saturated heterocycles. The van der Waals surface area contributed by atoms with Crippen molar-refractivity contribution < 1.29 is 13.6 Å². The number of nitrogens with one attached hydrogen (secondary N) is 1. The van der Waals surface area contributed by atoms with E-state index in [0.717, 1.165) is 22.3 Å². The Kier molecular flexibility index (Phi) is 6.41. The largest absolute Gasteiger partial charge is 0.755 e. The number of anilines is 2. The first-order valence-electron chi connectivity index (χ1n) is 9.11. The van der Waals surface area contributed by atoms with Gasteiger partial charge in [-0.2, -0.15) is 0 Å². The average molecular weight is 409 g/mol. The van der Waals surface area contributed by atoms with Crippen LogP contribution in [0.5, 0.6) is 0 Å². The van der Waals surface area contributed by atoms with Crippen LogP contribution in [0.1, 0.15) is 32.6 Å². The molecule has 1 N–H and O–H groups in total. The summed E-state index contributed by atoms with van der Waals surface area (Å²) < 4.78 is 25.4. The van der Waals surface area contributed by atoms with E-state index in [1.165, 1.54) is 4.31 Å². The van der Waals surface area contributed by atoms with Crippen LogP contribution in [-0.4, -0.2) is 19.7 Å². The van der Waals surface area contributed by atoms with E-state index in [4.69, 9.17) is 0 Å². The zero-order valence-electron chi connectivity index (χ0n) is 16.5. The fraction of sp³-hybridized carbons (Fsp3) is 0.182. The molecule has 1 atom stereocenters. The molecule has 0 saturated carbocycles. The van der Waals surface area contributed by atoms with E-state index in [0.29, 0.717) is 23.5 Å². The highest BCUT2D eigenvalue weighted by molar-refractivity contribution is 7.81. The van der Waals surface area contributed by atoms with Gasteiger partial charge in [0.25, 0.3) is 5.91 Å². The van der Waals surface area contributed by atoms with Gasteiger partial charge in [-0.15, -0.1) is 0 Å². The molecule has 1 unspecified atom stereocenters. The van der Waals surface area contributed by atoms with Gasteiger partial charge in [0.15, 0.2) is 0 Å². The summed E-state index contributed by atoms with van der Waals surface area (Å²) in [7, 11) is 0. The van der Waals surface area contributed by atoms with Crippen LogP contribution in [0.2, 0.25) is 0 Å². The van der Waals surface area contributed by atoms with E-state index in [1.807, 2.05) is 39.0 Å². The number of hydrogen-bond acceptors (Lipinski definition) is 4. The Labute approximate surface area is 173 Å². The summed E-state index contributed by atoms with van der Waals surface area (Å²) in [5.41, 5.74) is 4.89. The molecule has 0 radical (unpaired) electrons. The number of rotatable bonds is 6. The topological polar surface area (TPSA) is 85.4 Å². The molecule has 1 amide bonds. The number of hydrogen-bond donors (Lipinski definition) is 1. The third kappa shape index (κ3) is 4.88.